The summed E-state index contributed by atoms with van der Waals surface area (Å²) >= 11 is 0. The zero-order chi connectivity index (χ0) is 15.1. The van der Waals surface area contributed by atoms with Gasteiger partial charge in [0, 0.05) is 26.2 Å². The third-order valence-electron chi connectivity index (χ3n) is 3.55. The summed E-state index contributed by atoms with van der Waals surface area (Å²) in [5, 5.41) is 11.9. The minimum absolute atomic E-state index is 0.0270. The van der Waals surface area contributed by atoms with Gasteiger partial charge in [-0.15, -0.1) is 0 Å². The van der Waals surface area contributed by atoms with Gasteiger partial charge in [0.2, 0.25) is 0 Å². The van der Waals surface area contributed by atoms with Crippen molar-refractivity contribution in [3.05, 3.63) is 0 Å². The average Bonchev–Trinajstić information content (AvgIpc) is 2.82. The molecule has 2 atom stereocenters. The maximum Gasteiger partial charge on any atom is 0.317 e. The fraction of sp³-hybridized carbons (Fsp3) is 0.857. The maximum atomic E-state index is 12.2. The highest BCUT2D eigenvalue weighted by Crippen LogP contribution is 2.25. The number of hydrogen-bond acceptors (Lipinski definition) is 3. The highest BCUT2D eigenvalue weighted by Gasteiger charge is 2.31. The predicted octanol–water partition coefficient (Wildman–Crippen LogP) is 1.55. The molecule has 1 saturated carbocycles. The van der Waals surface area contributed by atoms with Crippen molar-refractivity contribution in [2.75, 3.05) is 26.8 Å². The van der Waals surface area contributed by atoms with Crippen molar-refractivity contribution in [2.24, 2.45) is 11.8 Å². The number of carboxylic acid groups (broad SMARTS) is 1. The van der Waals surface area contributed by atoms with Crippen LogP contribution in [0.5, 0.6) is 0 Å². The number of carbonyl (C=O) groups is 2. The molecule has 0 unspecified atom stereocenters. The molecule has 0 aromatic carbocycles. The number of nitrogens with one attached hydrogen (secondary N) is 1. The van der Waals surface area contributed by atoms with Crippen molar-refractivity contribution in [1.82, 2.24) is 10.2 Å². The molecule has 1 aliphatic carbocycles. The van der Waals surface area contributed by atoms with E-state index in [1.165, 1.54) is 0 Å². The Morgan fingerprint density at radius 2 is 2.10 bits per heavy atom. The van der Waals surface area contributed by atoms with Crippen molar-refractivity contribution in [3.8, 4) is 0 Å². The second-order valence-corrected chi connectivity index (χ2v) is 5.83. The number of carbonyl (C=O) groups excluding carboxylic acids is 1. The zero-order valence-electron chi connectivity index (χ0n) is 12.6. The van der Waals surface area contributed by atoms with Gasteiger partial charge in [-0.25, -0.2) is 4.79 Å². The summed E-state index contributed by atoms with van der Waals surface area (Å²) in [4.78, 5) is 24.9. The smallest absolute Gasteiger partial charge is 0.317 e. The van der Waals surface area contributed by atoms with Crippen LogP contribution in [0.3, 0.4) is 0 Å². The first-order valence-corrected chi connectivity index (χ1v) is 7.21. The Hall–Kier alpha value is -1.30. The standard InChI is InChI=1S/C14H26N2O4/c1-10(2)9-16(6-7-20-3)14(19)15-12-5-4-11(8-12)13(17)18/h10-12H,4-9H2,1-3H3,(H,15,19)(H,17,18)/t11-,12+/m1/s1. The molecule has 1 fully saturated rings. The van der Waals surface area contributed by atoms with Crippen LogP contribution in [0.15, 0.2) is 0 Å². The third-order valence-corrected chi connectivity index (χ3v) is 3.55. The molecule has 0 radical (unpaired) electrons. The van der Waals surface area contributed by atoms with Crippen LogP contribution in [0.2, 0.25) is 0 Å². The van der Waals surface area contributed by atoms with Crippen molar-refractivity contribution >= 4 is 12.0 Å². The van der Waals surface area contributed by atoms with Crippen LogP contribution in [-0.2, 0) is 9.53 Å². The molecule has 0 bridgehead atoms. The summed E-state index contributed by atoms with van der Waals surface area (Å²) in [7, 11) is 1.61. The molecule has 6 heteroatoms. The van der Waals surface area contributed by atoms with E-state index in [2.05, 4.69) is 19.2 Å². The first-order chi connectivity index (χ1) is 9.43. The lowest BCUT2D eigenvalue weighted by atomic mass is 10.1. The van der Waals surface area contributed by atoms with Crippen LogP contribution in [-0.4, -0.2) is 54.9 Å². The molecule has 1 rings (SSSR count). The van der Waals surface area contributed by atoms with Gasteiger partial charge in [-0.2, -0.15) is 0 Å². The van der Waals surface area contributed by atoms with Gasteiger partial charge < -0.3 is 20.1 Å². The quantitative estimate of drug-likeness (QED) is 0.744. The number of carboxylic acids is 1. The summed E-state index contributed by atoms with van der Waals surface area (Å²) in [6, 6.07) is -0.146. The van der Waals surface area contributed by atoms with Gasteiger partial charge in [0.05, 0.1) is 12.5 Å². The van der Waals surface area contributed by atoms with Crippen LogP contribution >= 0.6 is 0 Å². The Kier molecular flexibility index (Phi) is 6.78. The molecular formula is C14H26N2O4. The van der Waals surface area contributed by atoms with Crippen LogP contribution in [0.25, 0.3) is 0 Å². The number of methoxy groups -OCH3 is 1. The number of rotatable bonds is 7. The van der Waals surface area contributed by atoms with Gasteiger partial charge in [-0.1, -0.05) is 13.8 Å². The van der Waals surface area contributed by atoms with Crippen LogP contribution in [0.1, 0.15) is 33.1 Å². The molecule has 1 aliphatic rings. The van der Waals surface area contributed by atoms with E-state index in [9.17, 15) is 9.59 Å². The molecule has 2 N–H and O–H groups in total. The van der Waals surface area contributed by atoms with Gasteiger partial charge >= 0.3 is 12.0 Å². The first-order valence-electron chi connectivity index (χ1n) is 7.21. The van der Waals surface area contributed by atoms with Crippen molar-refractivity contribution in [3.63, 3.8) is 0 Å². The van der Waals surface area contributed by atoms with E-state index in [4.69, 9.17) is 9.84 Å². The lowest BCUT2D eigenvalue weighted by molar-refractivity contribution is -0.141. The largest absolute Gasteiger partial charge is 0.481 e. The second kappa shape index (κ2) is 8.09. The monoisotopic (exact) mass is 286 g/mol. The van der Waals surface area contributed by atoms with Gasteiger partial charge in [-0.05, 0) is 25.2 Å². The molecule has 0 spiro atoms. The number of ether oxygens (including phenoxy) is 1. The Morgan fingerprint density at radius 1 is 1.40 bits per heavy atom. The highest BCUT2D eigenvalue weighted by atomic mass is 16.5. The summed E-state index contributed by atoms with van der Waals surface area (Å²) in [6.45, 7) is 5.84. The first kappa shape index (κ1) is 16.8. The minimum Gasteiger partial charge on any atom is -0.481 e. The second-order valence-electron chi connectivity index (χ2n) is 5.83. The minimum atomic E-state index is -0.764. The van der Waals surface area contributed by atoms with Crippen LogP contribution in [0, 0.1) is 11.8 Å². The van der Waals surface area contributed by atoms with Crippen LogP contribution < -0.4 is 5.32 Å². The Bertz CT molecular complexity index is 333. The number of urea groups is 1. The van der Waals surface area contributed by atoms with Crippen molar-refractivity contribution in [2.45, 2.75) is 39.2 Å². The maximum absolute atomic E-state index is 12.2. The number of hydrogen-bond donors (Lipinski definition) is 2. The molecular weight excluding hydrogens is 260 g/mol. The van der Waals surface area contributed by atoms with Gasteiger partial charge in [0.1, 0.15) is 0 Å². The summed E-state index contributed by atoms with van der Waals surface area (Å²) in [5.41, 5.74) is 0. The lowest BCUT2D eigenvalue weighted by Gasteiger charge is -2.26. The van der Waals surface area contributed by atoms with Crippen molar-refractivity contribution < 1.29 is 19.4 Å². The Labute approximate surface area is 120 Å². The molecule has 6 nitrogen and oxygen atoms in total. The summed E-state index contributed by atoms with van der Waals surface area (Å²) < 4.78 is 5.02. The topological polar surface area (TPSA) is 78.9 Å². The molecule has 20 heavy (non-hydrogen) atoms. The summed E-state index contributed by atoms with van der Waals surface area (Å²) in [6.07, 6.45) is 1.91. The Balaban J connectivity index is 2.47. The molecule has 0 aliphatic heterocycles. The molecule has 0 aromatic heterocycles. The highest BCUT2D eigenvalue weighted by molar-refractivity contribution is 5.75. The van der Waals surface area contributed by atoms with Gasteiger partial charge in [-0.3, -0.25) is 4.79 Å². The summed E-state index contributed by atoms with van der Waals surface area (Å²) in [5.74, 6) is -0.703. The average molecular weight is 286 g/mol. The molecule has 116 valence electrons. The molecule has 0 saturated heterocycles. The van der Waals surface area contributed by atoms with E-state index >= 15 is 0 Å². The molecule has 0 heterocycles. The van der Waals surface area contributed by atoms with E-state index < -0.39 is 5.97 Å². The fourth-order valence-electron chi connectivity index (χ4n) is 2.52. The van der Waals surface area contributed by atoms with E-state index in [1.54, 1.807) is 12.0 Å². The van der Waals surface area contributed by atoms with E-state index in [1.807, 2.05) is 0 Å². The van der Waals surface area contributed by atoms with E-state index in [-0.39, 0.29) is 18.0 Å². The Morgan fingerprint density at radius 3 is 2.60 bits per heavy atom. The molecule has 0 aromatic rings. The van der Waals surface area contributed by atoms with Crippen molar-refractivity contribution in [1.29, 1.82) is 0 Å². The number of nitrogens with zero attached hydrogens (tertiary/aromatic N) is 1. The van der Waals surface area contributed by atoms with Gasteiger partial charge in [0.15, 0.2) is 0 Å². The lowest BCUT2D eigenvalue weighted by Crippen LogP contribution is -2.46. The fourth-order valence-corrected chi connectivity index (χ4v) is 2.52. The third kappa shape index (κ3) is 5.36. The molecule has 2 amide bonds. The van der Waals surface area contributed by atoms with E-state index in [0.717, 1.165) is 6.42 Å². The van der Waals surface area contributed by atoms with Crippen LogP contribution in [0.4, 0.5) is 4.79 Å². The SMILES string of the molecule is COCCN(CC(C)C)C(=O)N[C@H]1CC[C@@H](C(=O)O)C1. The normalized spacial score (nSPS) is 22.0. The zero-order valence-corrected chi connectivity index (χ0v) is 12.6. The van der Waals surface area contributed by atoms with E-state index in [0.29, 0.717) is 38.5 Å². The number of aliphatic carboxylic acids is 1. The van der Waals surface area contributed by atoms with Gasteiger partial charge in [0.25, 0.3) is 0 Å². The predicted molar refractivity (Wildman–Crippen MR) is 75.6 cm³/mol. The number of amides is 2.